The first-order valence-electron chi connectivity index (χ1n) is 4.49. The van der Waals surface area contributed by atoms with E-state index in [9.17, 15) is 8.42 Å². The van der Waals surface area contributed by atoms with Gasteiger partial charge in [0.1, 0.15) is 0 Å². The maximum atomic E-state index is 11.9. The molecule has 1 saturated heterocycles. The van der Waals surface area contributed by atoms with Gasteiger partial charge in [-0.15, -0.1) is 0 Å². The Morgan fingerprint density at radius 2 is 2.36 bits per heavy atom. The second-order valence-electron chi connectivity index (χ2n) is 3.46. The smallest absolute Gasteiger partial charge is 0.244 e. The summed E-state index contributed by atoms with van der Waals surface area (Å²) in [5.41, 5.74) is 5.66. The molecule has 1 aliphatic rings. The lowest BCUT2D eigenvalue weighted by Gasteiger charge is -2.14. The molecule has 6 heteroatoms. The molecule has 1 atom stereocenters. The molecule has 0 aliphatic carbocycles. The van der Waals surface area contributed by atoms with E-state index in [1.54, 1.807) is 12.3 Å². The molecular weight excluding hydrogens is 202 g/mol. The summed E-state index contributed by atoms with van der Waals surface area (Å²) in [7, 11) is -3.31. The molecule has 14 heavy (non-hydrogen) atoms. The van der Waals surface area contributed by atoms with E-state index < -0.39 is 10.0 Å². The second-order valence-corrected chi connectivity index (χ2v) is 5.40. The van der Waals surface area contributed by atoms with Crippen molar-refractivity contribution in [3.05, 3.63) is 18.5 Å². The molecule has 2 rings (SSSR count). The van der Waals surface area contributed by atoms with Crippen LogP contribution in [0.1, 0.15) is 6.42 Å². The number of nitrogens with two attached hydrogens (primary N) is 1. The number of nitrogens with one attached hydrogen (secondary N) is 1. The number of aromatic amines is 1. The maximum absolute atomic E-state index is 11.9. The number of H-pyrrole nitrogens is 1. The topological polar surface area (TPSA) is 79.2 Å². The predicted molar refractivity (Wildman–Crippen MR) is 52.1 cm³/mol. The first-order valence-corrected chi connectivity index (χ1v) is 5.93. The van der Waals surface area contributed by atoms with Gasteiger partial charge in [-0.1, -0.05) is 0 Å². The number of aromatic nitrogens is 1. The lowest BCUT2D eigenvalue weighted by molar-refractivity contribution is 0.472. The first kappa shape index (κ1) is 9.70. The summed E-state index contributed by atoms with van der Waals surface area (Å²) in [4.78, 5) is 3.05. The van der Waals surface area contributed by atoms with Crippen LogP contribution in [-0.4, -0.2) is 36.8 Å². The molecule has 78 valence electrons. The van der Waals surface area contributed by atoms with Gasteiger partial charge >= 0.3 is 0 Å². The van der Waals surface area contributed by atoms with E-state index in [0.29, 0.717) is 18.0 Å². The van der Waals surface area contributed by atoms with Crippen molar-refractivity contribution in [3.8, 4) is 0 Å². The molecule has 1 aromatic heterocycles. The third-order valence-corrected chi connectivity index (χ3v) is 4.26. The van der Waals surface area contributed by atoms with Gasteiger partial charge < -0.3 is 10.7 Å². The quantitative estimate of drug-likeness (QED) is 0.713. The van der Waals surface area contributed by atoms with E-state index in [-0.39, 0.29) is 6.04 Å². The van der Waals surface area contributed by atoms with Crippen LogP contribution in [-0.2, 0) is 10.0 Å². The third-order valence-electron chi connectivity index (χ3n) is 2.39. The second kappa shape index (κ2) is 3.38. The molecule has 0 bridgehead atoms. The fourth-order valence-corrected chi connectivity index (χ4v) is 3.08. The zero-order valence-electron chi connectivity index (χ0n) is 7.68. The number of nitrogens with zero attached hydrogens (tertiary/aromatic N) is 1. The van der Waals surface area contributed by atoms with Crippen LogP contribution < -0.4 is 5.73 Å². The Morgan fingerprint density at radius 3 is 2.86 bits per heavy atom. The van der Waals surface area contributed by atoms with Crippen molar-refractivity contribution in [2.45, 2.75) is 17.4 Å². The van der Waals surface area contributed by atoms with Crippen molar-refractivity contribution < 1.29 is 8.42 Å². The van der Waals surface area contributed by atoms with E-state index in [1.807, 2.05) is 0 Å². The minimum atomic E-state index is -3.31. The van der Waals surface area contributed by atoms with Crippen molar-refractivity contribution in [2.75, 3.05) is 13.1 Å². The van der Waals surface area contributed by atoms with Gasteiger partial charge in [0.05, 0.1) is 4.90 Å². The van der Waals surface area contributed by atoms with Gasteiger partial charge in [-0.25, -0.2) is 8.42 Å². The van der Waals surface area contributed by atoms with Crippen LogP contribution in [0.25, 0.3) is 0 Å². The van der Waals surface area contributed by atoms with Gasteiger partial charge in [0, 0.05) is 31.5 Å². The molecule has 1 aliphatic heterocycles. The molecule has 1 aromatic rings. The average molecular weight is 215 g/mol. The van der Waals surface area contributed by atoms with Crippen molar-refractivity contribution in [2.24, 2.45) is 5.73 Å². The summed E-state index contributed by atoms with van der Waals surface area (Å²) in [5.74, 6) is 0. The summed E-state index contributed by atoms with van der Waals surface area (Å²) in [6.45, 7) is 0.947. The normalized spacial score (nSPS) is 24.2. The average Bonchev–Trinajstić information content (AvgIpc) is 2.72. The summed E-state index contributed by atoms with van der Waals surface area (Å²) in [6, 6.07) is 1.53. The summed E-state index contributed by atoms with van der Waals surface area (Å²) in [6.07, 6.45) is 3.83. The minimum Gasteiger partial charge on any atom is -0.366 e. The predicted octanol–water partition coefficient (Wildman–Crippen LogP) is -0.264. The molecular formula is C8H13N3O2S. The summed E-state index contributed by atoms with van der Waals surface area (Å²) in [5, 5.41) is 0. The summed E-state index contributed by atoms with van der Waals surface area (Å²) >= 11 is 0. The van der Waals surface area contributed by atoms with E-state index in [1.165, 1.54) is 10.5 Å². The Hall–Kier alpha value is -0.850. The van der Waals surface area contributed by atoms with Crippen LogP contribution in [0.15, 0.2) is 23.4 Å². The highest BCUT2D eigenvalue weighted by atomic mass is 32.2. The van der Waals surface area contributed by atoms with Gasteiger partial charge in [0.25, 0.3) is 0 Å². The van der Waals surface area contributed by atoms with Crippen molar-refractivity contribution >= 4 is 10.0 Å². The molecule has 0 spiro atoms. The highest BCUT2D eigenvalue weighted by Crippen LogP contribution is 2.19. The SMILES string of the molecule is N[C@H]1CCN(S(=O)(=O)c2cc[nH]c2)C1. The van der Waals surface area contributed by atoms with E-state index in [2.05, 4.69) is 4.98 Å². The number of rotatable bonds is 2. The summed E-state index contributed by atoms with van der Waals surface area (Å²) < 4.78 is 25.2. The zero-order valence-corrected chi connectivity index (χ0v) is 8.50. The fourth-order valence-electron chi connectivity index (χ4n) is 1.59. The first-order chi connectivity index (χ1) is 6.60. The standard InChI is InChI=1S/C8H13N3O2S/c9-7-2-4-11(6-7)14(12,13)8-1-3-10-5-8/h1,3,5,7,10H,2,4,6,9H2/t7-/m0/s1. The molecule has 0 unspecified atom stereocenters. The highest BCUT2D eigenvalue weighted by molar-refractivity contribution is 7.89. The van der Waals surface area contributed by atoms with E-state index >= 15 is 0 Å². The molecule has 3 N–H and O–H groups in total. The molecule has 0 radical (unpaired) electrons. The van der Waals surface area contributed by atoms with Crippen LogP contribution in [0, 0.1) is 0 Å². The van der Waals surface area contributed by atoms with Crippen LogP contribution in [0.2, 0.25) is 0 Å². The van der Waals surface area contributed by atoms with Gasteiger partial charge in [-0.3, -0.25) is 0 Å². The molecule has 0 saturated carbocycles. The highest BCUT2D eigenvalue weighted by Gasteiger charge is 2.30. The van der Waals surface area contributed by atoms with Crippen LogP contribution in [0.5, 0.6) is 0 Å². The minimum absolute atomic E-state index is 0.0243. The van der Waals surface area contributed by atoms with Crippen LogP contribution in [0.3, 0.4) is 0 Å². The maximum Gasteiger partial charge on any atom is 0.244 e. The molecule has 0 aromatic carbocycles. The van der Waals surface area contributed by atoms with E-state index in [4.69, 9.17) is 5.73 Å². The lowest BCUT2D eigenvalue weighted by Crippen LogP contribution is -2.31. The molecule has 0 amide bonds. The molecule has 2 heterocycles. The Morgan fingerprint density at radius 1 is 1.57 bits per heavy atom. The number of hydrogen-bond acceptors (Lipinski definition) is 3. The Labute approximate surface area is 83.0 Å². The van der Waals surface area contributed by atoms with Crippen molar-refractivity contribution in [1.82, 2.24) is 9.29 Å². The third kappa shape index (κ3) is 1.56. The Balaban J connectivity index is 2.26. The van der Waals surface area contributed by atoms with Crippen molar-refractivity contribution in [1.29, 1.82) is 0 Å². The van der Waals surface area contributed by atoms with Crippen LogP contribution >= 0.6 is 0 Å². The fraction of sp³-hybridized carbons (Fsp3) is 0.500. The largest absolute Gasteiger partial charge is 0.366 e. The number of sulfonamides is 1. The molecule has 5 nitrogen and oxygen atoms in total. The van der Waals surface area contributed by atoms with Crippen LogP contribution in [0.4, 0.5) is 0 Å². The van der Waals surface area contributed by atoms with E-state index in [0.717, 1.165) is 6.42 Å². The zero-order chi connectivity index (χ0) is 10.2. The lowest BCUT2D eigenvalue weighted by atomic mass is 10.3. The Kier molecular flexibility index (Phi) is 2.34. The molecule has 1 fully saturated rings. The van der Waals surface area contributed by atoms with Gasteiger partial charge in [-0.05, 0) is 12.5 Å². The Bertz CT molecular complexity index is 398. The van der Waals surface area contributed by atoms with Gasteiger partial charge in [0.15, 0.2) is 0 Å². The van der Waals surface area contributed by atoms with Crippen molar-refractivity contribution in [3.63, 3.8) is 0 Å². The number of hydrogen-bond donors (Lipinski definition) is 2. The monoisotopic (exact) mass is 215 g/mol. The van der Waals surface area contributed by atoms with Gasteiger partial charge in [-0.2, -0.15) is 4.31 Å². The van der Waals surface area contributed by atoms with Gasteiger partial charge in [0.2, 0.25) is 10.0 Å².